The van der Waals surface area contributed by atoms with E-state index in [1.807, 2.05) is 17.9 Å². The zero-order valence-electron chi connectivity index (χ0n) is 13.8. The van der Waals surface area contributed by atoms with Gasteiger partial charge in [0.15, 0.2) is 0 Å². The molecule has 1 aliphatic heterocycles. The molecular weight excluding hydrogens is 272 g/mol. The first-order valence-corrected chi connectivity index (χ1v) is 8.05. The lowest BCUT2D eigenvalue weighted by Gasteiger charge is -2.31. The Hall–Kier alpha value is -1.65. The summed E-state index contributed by atoms with van der Waals surface area (Å²) in [5.41, 5.74) is 2.73. The Morgan fingerprint density at radius 3 is 2.59 bits per heavy atom. The largest absolute Gasteiger partial charge is 0.305 e. The summed E-state index contributed by atoms with van der Waals surface area (Å²) in [6.45, 7) is 2.16. The topological polar surface area (TPSA) is 24.3 Å². The molecule has 0 amide bonds. The highest BCUT2D eigenvalue weighted by Crippen LogP contribution is 2.26. The van der Waals surface area contributed by atoms with Gasteiger partial charge in [-0.3, -0.25) is 9.58 Å². The summed E-state index contributed by atoms with van der Waals surface area (Å²) in [6.07, 6.45) is 6.47. The highest BCUT2D eigenvalue weighted by molar-refractivity contribution is 5.17. The Morgan fingerprint density at radius 2 is 1.95 bits per heavy atom. The molecule has 4 nitrogen and oxygen atoms in total. The monoisotopic (exact) mass is 298 g/mol. The second-order valence-corrected chi connectivity index (χ2v) is 6.57. The zero-order valence-corrected chi connectivity index (χ0v) is 13.8. The first-order valence-electron chi connectivity index (χ1n) is 8.05. The van der Waals surface area contributed by atoms with E-state index in [9.17, 15) is 0 Å². The Kier molecular flexibility index (Phi) is 4.60. The molecular formula is C18H26N4. The minimum Gasteiger partial charge on any atom is -0.305 e. The lowest BCUT2D eigenvalue weighted by molar-refractivity contribution is 0.178. The van der Waals surface area contributed by atoms with Crippen molar-refractivity contribution in [1.29, 1.82) is 0 Å². The van der Waals surface area contributed by atoms with Gasteiger partial charge >= 0.3 is 0 Å². The quantitative estimate of drug-likeness (QED) is 0.845. The van der Waals surface area contributed by atoms with Gasteiger partial charge in [-0.2, -0.15) is 5.10 Å². The molecule has 2 atom stereocenters. The number of aryl methyl sites for hydroxylation is 1. The molecule has 1 aromatic carbocycles. The van der Waals surface area contributed by atoms with Gasteiger partial charge in [0.1, 0.15) is 0 Å². The second-order valence-electron chi connectivity index (χ2n) is 6.57. The molecule has 1 aromatic heterocycles. The van der Waals surface area contributed by atoms with Crippen LogP contribution in [-0.4, -0.2) is 52.3 Å². The number of likely N-dealkylation sites (N-methyl/N-ethyl adjacent to an activating group) is 1. The number of hydrogen-bond donors (Lipinski definition) is 0. The number of nitrogens with zero attached hydrogens (tertiary/aromatic N) is 4. The predicted octanol–water partition coefficient (Wildman–Crippen LogP) is 2.17. The number of likely N-dealkylation sites (tertiary alicyclic amines) is 1. The minimum absolute atomic E-state index is 0.567. The Morgan fingerprint density at radius 1 is 1.18 bits per heavy atom. The van der Waals surface area contributed by atoms with Gasteiger partial charge in [-0.05, 0) is 32.5 Å². The smallest absolute Gasteiger partial charge is 0.0534 e. The third-order valence-electron chi connectivity index (χ3n) is 4.72. The number of rotatable bonds is 5. The van der Waals surface area contributed by atoms with Crippen molar-refractivity contribution in [3.8, 4) is 0 Å². The zero-order chi connectivity index (χ0) is 15.5. The highest BCUT2D eigenvalue weighted by Gasteiger charge is 2.35. The molecule has 0 saturated carbocycles. The van der Waals surface area contributed by atoms with Gasteiger partial charge in [-0.25, -0.2) is 0 Å². The summed E-state index contributed by atoms with van der Waals surface area (Å²) in [6, 6.07) is 12.0. The van der Waals surface area contributed by atoms with Crippen molar-refractivity contribution < 1.29 is 0 Å². The van der Waals surface area contributed by atoms with Crippen LogP contribution in [0.5, 0.6) is 0 Å². The normalized spacial score (nSPS) is 22.5. The van der Waals surface area contributed by atoms with Crippen LogP contribution in [0.1, 0.15) is 17.5 Å². The van der Waals surface area contributed by atoms with E-state index in [0.717, 1.165) is 19.5 Å². The molecule has 0 N–H and O–H groups in total. The summed E-state index contributed by atoms with van der Waals surface area (Å²) in [5, 5.41) is 4.30. The first-order chi connectivity index (χ1) is 10.6. The van der Waals surface area contributed by atoms with Crippen LogP contribution in [0, 0.1) is 0 Å². The summed E-state index contributed by atoms with van der Waals surface area (Å²) >= 11 is 0. The molecule has 4 heteroatoms. The fourth-order valence-corrected chi connectivity index (χ4v) is 3.61. The average molecular weight is 298 g/mol. The molecule has 22 heavy (non-hydrogen) atoms. The van der Waals surface area contributed by atoms with E-state index < -0.39 is 0 Å². The van der Waals surface area contributed by atoms with Crippen molar-refractivity contribution in [2.45, 2.75) is 31.5 Å². The second kappa shape index (κ2) is 6.63. The summed E-state index contributed by atoms with van der Waals surface area (Å²) in [4.78, 5) is 5.01. The summed E-state index contributed by atoms with van der Waals surface area (Å²) < 4.78 is 1.89. The predicted molar refractivity (Wildman–Crippen MR) is 89.6 cm³/mol. The fourth-order valence-electron chi connectivity index (χ4n) is 3.61. The standard InChI is InChI=1S/C18H26N4/c1-20(2)17-9-10-22(14-16-12-19-21(3)13-16)18(17)11-15-7-5-4-6-8-15/h4-8,12-13,17-18H,9-11,14H2,1-3H3/t17-,18+/m1/s1. The van der Waals surface area contributed by atoms with Crippen molar-refractivity contribution in [2.75, 3.05) is 20.6 Å². The Balaban J connectivity index is 1.76. The van der Waals surface area contributed by atoms with E-state index in [1.165, 1.54) is 17.5 Å². The minimum atomic E-state index is 0.567. The highest BCUT2D eigenvalue weighted by atomic mass is 15.3. The van der Waals surface area contributed by atoms with Crippen LogP contribution >= 0.6 is 0 Å². The molecule has 2 heterocycles. The van der Waals surface area contributed by atoms with Crippen molar-refractivity contribution in [2.24, 2.45) is 7.05 Å². The molecule has 3 rings (SSSR count). The molecule has 1 aliphatic rings. The molecule has 1 fully saturated rings. The maximum Gasteiger partial charge on any atom is 0.0534 e. The lowest BCUT2D eigenvalue weighted by Crippen LogP contribution is -2.43. The van der Waals surface area contributed by atoms with Gasteiger partial charge in [0.05, 0.1) is 6.20 Å². The van der Waals surface area contributed by atoms with Crippen LogP contribution in [0.4, 0.5) is 0 Å². The van der Waals surface area contributed by atoms with Crippen LogP contribution < -0.4 is 0 Å². The molecule has 0 radical (unpaired) electrons. The third-order valence-corrected chi connectivity index (χ3v) is 4.72. The maximum absolute atomic E-state index is 4.30. The number of hydrogen-bond acceptors (Lipinski definition) is 3. The van der Waals surface area contributed by atoms with Crippen molar-refractivity contribution in [3.63, 3.8) is 0 Å². The SMILES string of the molecule is CN(C)[C@@H]1CCN(Cc2cnn(C)c2)[C@H]1Cc1ccccc1. The van der Waals surface area contributed by atoms with Crippen molar-refractivity contribution in [3.05, 3.63) is 53.9 Å². The van der Waals surface area contributed by atoms with E-state index in [2.05, 4.69) is 65.5 Å². The molecule has 1 saturated heterocycles. The summed E-state index contributed by atoms with van der Waals surface area (Å²) in [7, 11) is 6.39. The number of aromatic nitrogens is 2. The fraction of sp³-hybridized carbons (Fsp3) is 0.500. The van der Waals surface area contributed by atoms with Gasteiger partial charge < -0.3 is 4.90 Å². The average Bonchev–Trinajstić information content (AvgIpc) is 3.08. The number of benzene rings is 1. The van der Waals surface area contributed by atoms with Crippen LogP contribution in [-0.2, 0) is 20.0 Å². The van der Waals surface area contributed by atoms with E-state index in [4.69, 9.17) is 0 Å². The summed E-state index contributed by atoms with van der Waals surface area (Å²) in [5.74, 6) is 0. The van der Waals surface area contributed by atoms with Crippen LogP contribution in [0.2, 0.25) is 0 Å². The van der Waals surface area contributed by atoms with E-state index >= 15 is 0 Å². The van der Waals surface area contributed by atoms with Crippen molar-refractivity contribution >= 4 is 0 Å². The molecule has 2 aromatic rings. The Bertz CT molecular complexity index is 590. The van der Waals surface area contributed by atoms with Gasteiger partial charge in [0, 0.05) is 44.0 Å². The molecule has 118 valence electrons. The van der Waals surface area contributed by atoms with E-state index in [-0.39, 0.29) is 0 Å². The van der Waals surface area contributed by atoms with Crippen molar-refractivity contribution in [1.82, 2.24) is 19.6 Å². The lowest BCUT2D eigenvalue weighted by atomic mass is 9.99. The molecule has 0 spiro atoms. The third kappa shape index (κ3) is 3.39. The van der Waals surface area contributed by atoms with Crippen LogP contribution in [0.25, 0.3) is 0 Å². The van der Waals surface area contributed by atoms with Gasteiger partial charge in [-0.15, -0.1) is 0 Å². The molecule has 0 unspecified atom stereocenters. The van der Waals surface area contributed by atoms with Crippen LogP contribution in [0.15, 0.2) is 42.7 Å². The van der Waals surface area contributed by atoms with E-state index in [0.29, 0.717) is 12.1 Å². The maximum atomic E-state index is 4.30. The van der Waals surface area contributed by atoms with Crippen LogP contribution in [0.3, 0.4) is 0 Å². The van der Waals surface area contributed by atoms with Gasteiger partial charge in [0.25, 0.3) is 0 Å². The molecule has 0 bridgehead atoms. The van der Waals surface area contributed by atoms with Gasteiger partial charge in [-0.1, -0.05) is 30.3 Å². The van der Waals surface area contributed by atoms with E-state index in [1.54, 1.807) is 0 Å². The van der Waals surface area contributed by atoms with Gasteiger partial charge in [0.2, 0.25) is 0 Å². The molecule has 0 aliphatic carbocycles. The Labute approximate surface area is 133 Å². The first kappa shape index (κ1) is 15.3.